The lowest BCUT2D eigenvalue weighted by molar-refractivity contribution is 0.251. The van der Waals surface area contributed by atoms with Crippen LogP contribution in [0.1, 0.15) is 23.6 Å². The molecule has 14 heavy (non-hydrogen) atoms. The molecule has 1 aromatic rings. The Bertz CT molecular complexity index is 314. The predicted molar refractivity (Wildman–Crippen MR) is 55.7 cm³/mol. The number of hydrazine groups is 1. The largest absolute Gasteiger partial charge is 0.395 e. The highest BCUT2D eigenvalue weighted by atomic mass is 16.3. The molecule has 0 aromatic heterocycles. The van der Waals surface area contributed by atoms with Crippen LogP contribution in [-0.2, 0) is 0 Å². The summed E-state index contributed by atoms with van der Waals surface area (Å²) in [6.45, 7) is 2.28. The van der Waals surface area contributed by atoms with Gasteiger partial charge in [-0.25, -0.2) is 5.43 Å². The van der Waals surface area contributed by atoms with Gasteiger partial charge in [-0.05, 0) is 18.9 Å². The van der Waals surface area contributed by atoms with Crippen molar-refractivity contribution in [3.8, 4) is 0 Å². The summed E-state index contributed by atoms with van der Waals surface area (Å²) in [5.74, 6) is 0. The Morgan fingerprint density at radius 2 is 2.29 bits per heavy atom. The first kappa shape index (κ1) is 9.65. The van der Waals surface area contributed by atoms with Crippen molar-refractivity contribution in [3.63, 3.8) is 0 Å². The Kier molecular flexibility index (Phi) is 2.82. The van der Waals surface area contributed by atoms with E-state index in [2.05, 4.69) is 42.0 Å². The maximum atomic E-state index is 8.98. The van der Waals surface area contributed by atoms with E-state index in [1.807, 2.05) is 0 Å². The van der Waals surface area contributed by atoms with Gasteiger partial charge in [0.15, 0.2) is 0 Å². The lowest BCUT2D eigenvalue weighted by Gasteiger charge is -2.09. The second-order valence-corrected chi connectivity index (χ2v) is 3.87. The van der Waals surface area contributed by atoms with E-state index in [1.54, 1.807) is 0 Å². The molecule has 0 saturated carbocycles. The zero-order valence-corrected chi connectivity index (χ0v) is 8.33. The molecule has 0 spiro atoms. The van der Waals surface area contributed by atoms with Crippen LogP contribution in [0, 0.1) is 6.92 Å². The van der Waals surface area contributed by atoms with Crippen LogP contribution < -0.4 is 10.9 Å². The summed E-state index contributed by atoms with van der Waals surface area (Å²) >= 11 is 0. The smallest absolute Gasteiger partial charge is 0.0598 e. The lowest BCUT2D eigenvalue weighted by Crippen LogP contribution is -2.32. The molecule has 0 bridgehead atoms. The molecular formula is C11H16N2O. The molecule has 0 amide bonds. The van der Waals surface area contributed by atoms with Crippen LogP contribution in [0.5, 0.6) is 0 Å². The number of benzene rings is 1. The van der Waals surface area contributed by atoms with Crippen molar-refractivity contribution >= 4 is 0 Å². The van der Waals surface area contributed by atoms with Crippen molar-refractivity contribution < 1.29 is 5.11 Å². The maximum Gasteiger partial charge on any atom is 0.0598 e. The minimum Gasteiger partial charge on any atom is -0.395 e. The third-order valence-corrected chi connectivity index (χ3v) is 2.65. The Balaban J connectivity index is 2.09. The number of hydrogen-bond donors (Lipinski definition) is 3. The minimum atomic E-state index is 0.181. The highest BCUT2D eigenvalue weighted by molar-refractivity contribution is 5.25. The first-order chi connectivity index (χ1) is 6.79. The fourth-order valence-electron chi connectivity index (χ4n) is 1.85. The zero-order valence-electron chi connectivity index (χ0n) is 8.33. The van der Waals surface area contributed by atoms with Gasteiger partial charge in [0.25, 0.3) is 0 Å². The SMILES string of the molecule is Cc1cccc(C2CC(CO)NN2)c1. The summed E-state index contributed by atoms with van der Waals surface area (Å²) in [5.41, 5.74) is 8.83. The standard InChI is InChI=1S/C11H16N2O/c1-8-3-2-4-9(5-8)11-6-10(7-14)12-13-11/h2-5,10-14H,6-7H2,1H3. The highest BCUT2D eigenvalue weighted by Crippen LogP contribution is 2.22. The first-order valence-corrected chi connectivity index (χ1v) is 4.98. The van der Waals surface area contributed by atoms with E-state index < -0.39 is 0 Å². The molecule has 2 atom stereocenters. The van der Waals surface area contributed by atoms with E-state index in [0.717, 1.165) is 6.42 Å². The molecule has 76 valence electrons. The number of nitrogens with one attached hydrogen (secondary N) is 2. The van der Waals surface area contributed by atoms with Gasteiger partial charge in [0.05, 0.1) is 6.61 Å². The number of aliphatic hydroxyl groups is 1. The molecule has 3 heteroatoms. The van der Waals surface area contributed by atoms with Crippen LogP contribution >= 0.6 is 0 Å². The van der Waals surface area contributed by atoms with Crippen LogP contribution in [0.25, 0.3) is 0 Å². The molecule has 3 nitrogen and oxygen atoms in total. The van der Waals surface area contributed by atoms with Gasteiger partial charge in [-0.1, -0.05) is 29.8 Å². The minimum absolute atomic E-state index is 0.181. The van der Waals surface area contributed by atoms with E-state index in [9.17, 15) is 0 Å². The average Bonchev–Trinajstić information content (AvgIpc) is 2.66. The normalized spacial score (nSPS) is 26.7. The lowest BCUT2D eigenvalue weighted by atomic mass is 10.0. The van der Waals surface area contributed by atoms with Gasteiger partial charge < -0.3 is 5.11 Å². The van der Waals surface area contributed by atoms with Crippen LogP contribution in [0.4, 0.5) is 0 Å². The summed E-state index contributed by atoms with van der Waals surface area (Å²) in [5, 5.41) is 8.98. The van der Waals surface area contributed by atoms with Gasteiger partial charge in [-0.2, -0.15) is 0 Å². The molecule has 1 fully saturated rings. The molecule has 1 heterocycles. The third-order valence-electron chi connectivity index (χ3n) is 2.65. The fourth-order valence-corrected chi connectivity index (χ4v) is 1.85. The van der Waals surface area contributed by atoms with E-state index in [4.69, 9.17) is 5.11 Å². The van der Waals surface area contributed by atoms with E-state index in [1.165, 1.54) is 11.1 Å². The molecule has 2 rings (SSSR count). The van der Waals surface area contributed by atoms with Crippen molar-refractivity contribution in [2.24, 2.45) is 0 Å². The number of aliphatic hydroxyl groups excluding tert-OH is 1. The molecule has 0 aliphatic carbocycles. The molecule has 3 N–H and O–H groups in total. The van der Waals surface area contributed by atoms with Crippen molar-refractivity contribution in [2.75, 3.05) is 6.61 Å². The van der Waals surface area contributed by atoms with Crippen LogP contribution in [0.15, 0.2) is 24.3 Å². The summed E-state index contributed by atoms with van der Waals surface area (Å²) in [4.78, 5) is 0. The van der Waals surface area contributed by atoms with E-state index >= 15 is 0 Å². The second kappa shape index (κ2) is 4.09. The number of rotatable bonds is 2. The topological polar surface area (TPSA) is 44.3 Å². The van der Waals surface area contributed by atoms with Crippen LogP contribution in [0.2, 0.25) is 0 Å². The number of aryl methyl sites for hydroxylation is 1. The Morgan fingerprint density at radius 1 is 1.43 bits per heavy atom. The third kappa shape index (κ3) is 1.95. The summed E-state index contributed by atoms with van der Waals surface area (Å²) in [7, 11) is 0. The quantitative estimate of drug-likeness (QED) is 0.652. The summed E-state index contributed by atoms with van der Waals surface area (Å²) in [6, 6.07) is 8.96. The number of hydrogen-bond acceptors (Lipinski definition) is 3. The molecular weight excluding hydrogens is 176 g/mol. The maximum absolute atomic E-state index is 8.98. The Labute approximate surface area is 84.1 Å². The van der Waals surface area contributed by atoms with Gasteiger partial charge >= 0.3 is 0 Å². The van der Waals surface area contributed by atoms with Crippen LogP contribution in [-0.4, -0.2) is 17.8 Å². The van der Waals surface area contributed by atoms with Crippen molar-refractivity contribution in [2.45, 2.75) is 25.4 Å². The molecule has 2 unspecified atom stereocenters. The fraction of sp³-hybridized carbons (Fsp3) is 0.455. The van der Waals surface area contributed by atoms with Gasteiger partial charge in [0.1, 0.15) is 0 Å². The predicted octanol–water partition coefficient (Wildman–Crippen LogP) is 0.895. The summed E-state index contributed by atoms with van der Waals surface area (Å²) in [6.07, 6.45) is 0.944. The van der Waals surface area contributed by atoms with Crippen LogP contribution in [0.3, 0.4) is 0 Å². The van der Waals surface area contributed by atoms with Gasteiger partial charge in [-0.15, -0.1) is 0 Å². The van der Waals surface area contributed by atoms with Gasteiger partial charge in [-0.3, -0.25) is 5.43 Å². The van der Waals surface area contributed by atoms with Crippen molar-refractivity contribution in [3.05, 3.63) is 35.4 Å². The zero-order chi connectivity index (χ0) is 9.97. The second-order valence-electron chi connectivity index (χ2n) is 3.87. The van der Waals surface area contributed by atoms with Gasteiger partial charge in [0.2, 0.25) is 0 Å². The van der Waals surface area contributed by atoms with E-state index in [0.29, 0.717) is 6.04 Å². The Morgan fingerprint density at radius 3 is 2.93 bits per heavy atom. The first-order valence-electron chi connectivity index (χ1n) is 4.98. The average molecular weight is 192 g/mol. The summed E-state index contributed by atoms with van der Waals surface area (Å²) < 4.78 is 0. The molecule has 1 saturated heterocycles. The van der Waals surface area contributed by atoms with Gasteiger partial charge in [0, 0.05) is 12.1 Å². The molecule has 1 aliphatic rings. The molecule has 1 aliphatic heterocycles. The Hall–Kier alpha value is -0.900. The highest BCUT2D eigenvalue weighted by Gasteiger charge is 2.23. The van der Waals surface area contributed by atoms with E-state index in [-0.39, 0.29) is 12.6 Å². The van der Waals surface area contributed by atoms with Crippen molar-refractivity contribution in [1.29, 1.82) is 0 Å². The molecule has 0 radical (unpaired) electrons. The molecule has 1 aromatic carbocycles. The van der Waals surface area contributed by atoms with Crippen molar-refractivity contribution in [1.82, 2.24) is 10.9 Å². The monoisotopic (exact) mass is 192 g/mol.